The van der Waals surface area contributed by atoms with E-state index in [1.165, 1.54) is 6.07 Å². The highest BCUT2D eigenvalue weighted by Crippen LogP contribution is 2.52. The highest BCUT2D eigenvalue weighted by Gasteiger charge is 2.52. The molecule has 3 heteroatoms. The van der Waals surface area contributed by atoms with Crippen LogP contribution in [0.1, 0.15) is 38.5 Å². The first kappa shape index (κ1) is 16.0. The lowest BCUT2D eigenvalue weighted by Crippen LogP contribution is -2.16. The second-order valence-corrected chi connectivity index (χ2v) is 6.50. The lowest BCUT2D eigenvalue weighted by atomic mass is 10.1. The Morgan fingerprint density at radius 2 is 1.48 bits per heavy atom. The lowest BCUT2D eigenvalue weighted by molar-refractivity contribution is -0.117. The van der Waals surface area contributed by atoms with Crippen molar-refractivity contribution in [3.63, 3.8) is 0 Å². The summed E-state index contributed by atoms with van der Waals surface area (Å²) in [5, 5.41) is 2.78. The molecule has 1 amide bonds. The van der Waals surface area contributed by atoms with Crippen LogP contribution in [0.3, 0.4) is 0 Å². The number of allylic oxidation sites excluding steroid dienone is 4. The molecule has 122 valence electrons. The van der Waals surface area contributed by atoms with Crippen molar-refractivity contribution in [2.45, 2.75) is 38.5 Å². The number of halogens is 1. The largest absolute Gasteiger partial charge is 0.323 e. The molecule has 0 bridgehead atoms. The standard InChI is InChI=1S/C20H24FNO/c21-17-13-9-10-14-18(17)22-20(23)19-15-11-7-5-3-1-2-4-6-8-12-16(15)19/h3-6,9-10,13-16,19H,1-2,7-8,11-12H2,(H,22,23)/t15-,16+,19?. The topological polar surface area (TPSA) is 29.1 Å². The van der Waals surface area contributed by atoms with Crippen LogP contribution in [0.4, 0.5) is 10.1 Å². The van der Waals surface area contributed by atoms with E-state index in [9.17, 15) is 9.18 Å². The molecule has 1 fully saturated rings. The van der Waals surface area contributed by atoms with Crippen LogP contribution in [-0.4, -0.2) is 5.91 Å². The van der Waals surface area contributed by atoms with Gasteiger partial charge in [-0.1, -0.05) is 36.4 Å². The molecule has 3 rings (SSSR count). The molecular weight excluding hydrogens is 289 g/mol. The number of rotatable bonds is 2. The van der Waals surface area contributed by atoms with E-state index in [4.69, 9.17) is 0 Å². The molecule has 0 spiro atoms. The van der Waals surface area contributed by atoms with Crippen molar-refractivity contribution in [1.82, 2.24) is 0 Å². The highest BCUT2D eigenvalue weighted by atomic mass is 19.1. The molecule has 0 saturated heterocycles. The number of fused-ring (bicyclic) bond motifs is 1. The fourth-order valence-corrected chi connectivity index (χ4v) is 3.64. The first-order chi connectivity index (χ1) is 11.3. The van der Waals surface area contributed by atoms with Crippen molar-refractivity contribution in [2.24, 2.45) is 17.8 Å². The van der Waals surface area contributed by atoms with Crippen molar-refractivity contribution < 1.29 is 9.18 Å². The maximum absolute atomic E-state index is 13.7. The number of amides is 1. The highest BCUT2D eigenvalue weighted by molar-refractivity contribution is 5.95. The number of carbonyl (C=O) groups is 1. The molecule has 2 nitrogen and oxygen atoms in total. The van der Waals surface area contributed by atoms with E-state index in [1.54, 1.807) is 18.2 Å². The monoisotopic (exact) mass is 313 g/mol. The minimum atomic E-state index is -0.369. The van der Waals surface area contributed by atoms with Crippen LogP contribution < -0.4 is 5.32 Å². The van der Waals surface area contributed by atoms with E-state index in [-0.39, 0.29) is 17.6 Å². The van der Waals surface area contributed by atoms with Crippen molar-refractivity contribution >= 4 is 11.6 Å². The van der Waals surface area contributed by atoms with Gasteiger partial charge in [0.1, 0.15) is 5.82 Å². The van der Waals surface area contributed by atoms with Gasteiger partial charge in [-0.05, 0) is 62.5 Å². The van der Waals surface area contributed by atoms with Crippen LogP contribution >= 0.6 is 0 Å². The SMILES string of the molecule is O=C(Nc1ccccc1F)C1[C@H]2CCC=CCCC=CCC[C@@H]12. The predicted molar refractivity (Wildman–Crippen MR) is 91.5 cm³/mol. The summed E-state index contributed by atoms with van der Waals surface area (Å²) in [7, 11) is 0. The fraction of sp³-hybridized carbons (Fsp3) is 0.450. The summed E-state index contributed by atoms with van der Waals surface area (Å²) in [5.74, 6) is 0.537. The first-order valence-electron chi connectivity index (χ1n) is 8.63. The summed E-state index contributed by atoms with van der Waals surface area (Å²) in [6, 6.07) is 6.37. The van der Waals surface area contributed by atoms with Crippen molar-refractivity contribution in [1.29, 1.82) is 0 Å². The minimum Gasteiger partial charge on any atom is -0.323 e. The van der Waals surface area contributed by atoms with E-state index in [1.807, 2.05) is 0 Å². The number of hydrogen-bond acceptors (Lipinski definition) is 1. The number of hydrogen-bond donors (Lipinski definition) is 1. The van der Waals surface area contributed by atoms with Gasteiger partial charge in [0.05, 0.1) is 5.69 Å². The van der Waals surface area contributed by atoms with Crippen LogP contribution in [-0.2, 0) is 4.79 Å². The smallest absolute Gasteiger partial charge is 0.228 e. The number of para-hydroxylation sites is 1. The molecule has 1 saturated carbocycles. The molecule has 1 unspecified atom stereocenters. The van der Waals surface area contributed by atoms with Gasteiger partial charge in [0.25, 0.3) is 0 Å². The van der Waals surface area contributed by atoms with Crippen LogP contribution in [0.15, 0.2) is 48.6 Å². The molecule has 2 aliphatic rings. The Bertz CT molecular complexity index is 583. The predicted octanol–water partition coefficient (Wildman–Crippen LogP) is 5.09. The van der Waals surface area contributed by atoms with Gasteiger partial charge < -0.3 is 5.32 Å². The van der Waals surface area contributed by atoms with E-state index < -0.39 is 0 Å². The summed E-state index contributed by atoms with van der Waals surface area (Å²) < 4.78 is 13.7. The molecular formula is C20H24FNO. The second-order valence-electron chi connectivity index (χ2n) is 6.50. The maximum Gasteiger partial charge on any atom is 0.228 e. The summed E-state index contributed by atoms with van der Waals surface area (Å²) >= 11 is 0. The zero-order chi connectivity index (χ0) is 16.1. The molecule has 0 radical (unpaired) electrons. The Labute approximate surface area is 137 Å². The van der Waals surface area contributed by atoms with Gasteiger partial charge in [-0.3, -0.25) is 4.79 Å². The zero-order valence-corrected chi connectivity index (χ0v) is 13.4. The van der Waals surface area contributed by atoms with Gasteiger partial charge in [0, 0.05) is 5.92 Å². The Kier molecular flexibility index (Phi) is 5.27. The minimum absolute atomic E-state index is 0.0204. The van der Waals surface area contributed by atoms with Gasteiger partial charge >= 0.3 is 0 Å². The number of anilines is 1. The third-order valence-electron chi connectivity index (χ3n) is 4.93. The van der Waals surface area contributed by atoms with Crippen LogP contribution in [0.25, 0.3) is 0 Å². The van der Waals surface area contributed by atoms with Gasteiger partial charge in [0.2, 0.25) is 5.91 Å². The molecule has 0 heterocycles. The number of nitrogens with one attached hydrogen (secondary N) is 1. The number of carbonyl (C=O) groups excluding carboxylic acids is 1. The number of benzene rings is 1. The molecule has 2 aliphatic carbocycles. The van der Waals surface area contributed by atoms with Gasteiger partial charge in [-0.15, -0.1) is 0 Å². The Morgan fingerprint density at radius 1 is 0.913 bits per heavy atom. The van der Waals surface area contributed by atoms with E-state index in [2.05, 4.69) is 29.6 Å². The van der Waals surface area contributed by atoms with Crippen LogP contribution in [0.2, 0.25) is 0 Å². The van der Waals surface area contributed by atoms with Crippen LogP contribution in [0.5, 0.6) is 0 Å². The normalized spacial score (nSPS) is 27.4. The summed E-state index contributed by atoms with van der Waals surface area (Å²) in [6.45, 7) is 0. The maximum atomic E-state index is 13.7. The first-order valence-corrected chi connectivity index (χ1v) is 8.63. The molecule has 1 aromatic carbocycles. The van der Waals surface area contributed by atoms with Crippen molar-refractivity contribution in [3.05, 3.63) is 54.4 Å². The van der Waals surface area contributed by atoms with Crippen molar-refractivity contribution in [2.75, 3.05) is 5.32 Å². The molecule has 0 aliphatic heterocycles. The average Bonchev–Trinajstić information content (AvgIpc) is 3.22. The Hall–Kier alpha value is -1.90. The summed E-state index contributed by atoms with van der Waals surface area (Å²) in [4.78, 5) is 12.5. The third kappa shape index (κ3) is 4.10. The Morgan fingerprint density at radius 3 is 2.09 bits per heavy atom. The summed E-state index contributed by atoms with van der Waals surface area (Å²) in [6.07, 6.45) is 15.3. The van der Waals surface area contributed by atoms with Gasteiger partial charge in [-0.25, -0.2) is 4.39 Å². The van der Waals surface area contributed by atoms with Gasteiger partial charge in [-0.2, -0.15) is 0 Å². The molecule has 3 atom stereocenters. The molecule has 1 N–H and O–H groups in total. The lowest BCUT2D eigenvalue weighted by Gasteiger charge is -2.05. The molecule has 1 aromatic rings. The quantitative estimate of drug-likeness (QED) is 0.757. The molecule has 23 heavy (non-hydrogen) atoms. The van der Waals surface area contributed by atoms with E-state index in [0.29, 0.717) is 17.5 Å². The Balaban J connectivity index is 1.63. The van der Waals surface area contributed by atoms with E-state index >= 15 is 0 Å². The van der Waals surface area contributed by atoms with Crippen LogP contribution in [0, 0.1) is 23.6 Å². The van der Waals surface area contributed by atoms with Gasteiger partial charge in [0.15, 0.2) is 0 Å². The second kappa shape index (κ2) is 7.58. The average molecular weight is 313 g/mol. The summed E-state index contributed by atoms with van der Waals surface area (Å²) in [5.41, 5.74) is 0.291. The zero-order valence-electron chi connectivity index (χ0n) is 13.4. The fourth-order valence-electron chi connectivity index (χ4n) is 3.64. The molecule has 0 aromatic heterocycles. The van der Waals surface area contributed by atoms with Crippen molar-refractivity contribution in [3.8, 4) is 0 Å². The third-order valence-corrected chi connectivity index (χ3v) is 4.93. The van der Waals surface area contributed by atoms with E-state index in [0.717, 1.165) is 38.5 Å².